The number of nitriles is 1. The molecule has 2 unspecified atom stereocenters. The topological polar surface area (TPSA) is 111 Å². The predicted molar refractivity (Wildman–Crippen MR) is 81.4 cm³/mol. The summed E-state index contributed by atoms with van der Waals surface area (Å²) < 4.78 is 13.4. The van der Waals surface area contributed by atoms with Crippen LogP contribution in [0.1, 0.15) is 31.4 Å². The lowest BCUT2D eigenvalue weighted by Crippen LogP contribution is -2.23. The molecule has 0 spiro atoms. The summed E-state index contributed by atoms with van der Waals surface area (Å²) >= 11 is 1.30. The van der Waals surface area contributed by atoms with Crippen molar-refractivity contribution in [1.29, 1.82) is 5.26 Å². The number of thioether (sulfide) groups is 1. The standard InChI is InChI=1S/C14H16FN3O4S/c1-14(8-16,9-2-3-9)23-7-13(21-22-17)11-6-10(18(19)20)4-5-12(11)15/h4-6,9,13H,2-3,7,17H2,1H3. The number of hydrogen-bond acceptors (Lipinski definition) is 7. The molecule has 1 fully saturated rings. The molecular weight excluding hydrogens is 325 g/mol. The Kier molecular flexibility index (Phi) is 5.54. The lowest BCUT2D eigenvalue weighted by atomic mass is 10.1. The number of benzene rings is 1. The Hall–Kier alpha value is -1.73. The van der Waals surface area contributed by atoms with Gasteiger partial charge >= 0.3 is 0 Å². The summed E-state index contributed by atoms with van der Waals surface area (Å²) in [6.45, 7) is 1.82. The van der Waals surface area contributed by atoms with Gasteiger partial charge in [0.1, 0.15) is 16.7 Å². The summed E-state index contributed by atoms with van der Waals surface area (Å²) in [5.41, 5.74) is -0.296. The summed E-state index contributed by atoms with van der Waals surface area (Å²) in [6, 6.07) is 5.41. The van der Waals surface area contributed by atoms with Crippen molar-refractivity contribution in [1.82, 2.24) is 0 Å². The zero-order valence-corrected chi connectivity index (χ0v) is 13.2. The molecule has 1 aliphatic carbocycles. The van der Waals surface area contributed by atoms with Crippen LogP contribution in [0.5, 0.6) is 0 Å². The molecule has 9 heteroatoms. The zero-order valence-electron chi connectivity index (χ0n) is 12.4. The first-order valence-electron chi connectivity index (χ1n) is 6.92. The Labute approximate surface area is 136 Å². The third-order valence-corrected chi connectivity index (χ3v) is 5.32. The Balaban J connectivity index is 2.19. The van der Waals surface area contributed by atoms with Crippen LogP contribution < -0.4 is 5.90 Å². The largest absolute Gasteiger partial charge is 0.270 e. The van der Waals surface area contributed by atoms with Crippen LogP contribution in [0.25, 0.3) is 0 Å². The SMILES string of the molecule is CC(C#N)(SCC(OON)c1cc([N+](=O)[O-])ccc1F)C1CC1. The van der Waals surface area contributed by atoms with Crippen LogP contribution >= 0.6 is 11.8 Å². The number of nitro groups is 1. The van der Waals surface area contributed by atoms with Gasteiger partial charge in [-0.05, 0) is 31.7 Å². The van der Waals surface area contributed by atoms with Gasteiger partial charge in [0, 0.05) is 23.4 Å². The van der Waals surface area contributed by atoms with Gasteiger partial charge < -0.3 is 0 Å². The number of hydrogen-bond donors (Lipinski definition) is 1. The smallest absolute Gasteiger partial charge is 0.258 e. The predicted octanol–water partition coefficient (Wildman–Crippen LogP) is 3.02. The van der Waals surface area contributed by atoms with Crippen molar-refractivity contribution in [2.24, 2.45) is 11.8 Å². The maximum Gasteiger partial charge on any atom is 0.270 e. The quantitative estimate of drug-likeness (QED) is 0.439. The van der Waals surface area contributed by atoms with Crippen molar-refractivity contribution >= 4 is 17.4 Å². The highest BCUT2D eigenvalue weighted by Gasteiger charge is 2.43. The highest BCUT2D eigenvalue weighted by atomic mass is 32.2. The van der Waals surface area contributed by atoms with Gasteiger partial charge in [0.05, 0.1) is 11.0 Å². The average molecular weight is 341 g/mol. The van der Waals surface area contributed by atoms with Crippen LogP contribution in [0.4, 0.5) is 10.1 Å². The highest BCUT2D eigenvalue weighted by molar-refractivity contribution is 8.00. The molecule has 1 saturated carbocycles. The van der Waals surface area contributed by atoms with Crippen LogP contribution in [0, 0.1) is 33.2 Å². The van der Waals surface area contributed by atoms with Crippen molar-refractivity contribution < 1.29 is 19.2 Å². The maximum atomic E-state index is 14.0. The minimum atomic E-state index is -0.962. The maximum absolute atomic E-state index is 14.0. The first-order valence-corrected chi connectivity index (χ1v) is 7.91. The third kappa shape index (κ3) is 4.17. The van der Waals surface area contributed by atoms with Crippen molar-refractivity contribution in [3.05, 3.63) is 39.7 Å². The molecule has 0 amide bonds. The molecule has 0 saturated heterocycles. The summed E-state index contributed by atoms with van der Waals surface area (Å²) in [6.07, 6.45) is 0.985. The number of halogens is 1. The molecule has 0 aliphatic heterocycles. The molecule has 7 nitrogen and oxygen atoms in total. The van der Waals surface area contributed by atoms with Crippen molar-refractivity contribution in [3.63, 3.8) is 0 Å². The van der Waals surface area contributed by atoms with E-state index in [0.29, 0.717) is 0 Å². The van der Waals surface area contributed by atoms with E-state index in [9.17, 15) is 19.8 Å². The van der Waals surface area contributed by atoms with Gasteiger partial charge in [0.2, 0.25) is 0 Å². The molecule has 0 bridgehead atoms. The van der Waals surface area contributed by atoms with Crippen LogP contribution in [-0.4, -0.2) is 15.4 Å². The fourth-order valence-electron chi connectivity index (χ4n) is 2.25. The number of rotatable bonds is 8. The van der Waals surface area contributed by atoms with Gasteiger partial charge in [-0.2, -0.15) is 11.2 Å². The van der Waals surface area contributed by atoms with E-state index in [1.807, 2.05) is 6.92 Å². The Morgan fingerprint density at radius 3 is 2.87 bits per heavy atom. The van der Waals surface area contributed by atoms with E-state index in [1.165, 1.54) is 11.8 Å². The summed E-state index contributed by atoms with van der Waals surface area (Å²) in [5.74, 6) is 4.70. The number of non-ortho nitro benzene ring substituents is 1. The van der Waals surface area contributed by atoms with Crippen LogP contribution in [-0.2, 0) is 9.88 Å². The van der Waals surface area contributed by atoms with Gasteiger partial charge in [0.25, 0.3) is 5.69 Å². The molecule has 2 rings (SSSR count). The van der Waals surface area contributed by atoms with Gasteiger partial charge in [-0.15, -0.1) is 16.8 Å². The first kappa shape index (κ1) is 17.6. The normalized spacial score (nSPS) is 18.0. The van der Waals surface area contributed by atoms with Crippen LogP contribution in [0.2, 0.25) is 0 Å². The van der Waals surface area contributed by atoms with E-state index in [0.717, 1.165) is 31.0 Å². The highest BCUT2D eigenvalue weighted by Crippen LogP contribution is 2.48. The van der Waals surface area contributed by atoms with Crippen molar-refractivity contribution in [2.75, 3.05) is 5.75 Å². The molecule has 0 aromatic heterocycles. The molecular formula is C14H16FN3O4S. The molecule has 2 atom stereocenters. The second-order valence-corrected chi connectivity index (χ2v) is 6.92. The molecule has 1 aromatic rings. The number of nitrogens with zero attached hydrogens (tertiary/aromatic N) is 2. The van der Waals surface area contributed by atoms with Crippen molar-refractivity contribution in [2.45, 2.75) is 30.6 Å². The lowest BCUT2D eigenvalue weighted by molar-refractivity contribution is -0.385. The van der Waals surface area contributed by atoms with Crippen LogP contribution in [0.3, 0.4) is 0 Å². The van der Waals surface area contributed by atoms with E-state index < -0.39 is 21.6 Å². The third-order valence-electron chi connectivity index (χ3n) is 3.82. The van der Waals surface area contributed by atoms with E-state index >= 15 is 0 Å². The zero-order chi connectivity index (χ0) is 17.0. The second-order valence-electron chi connectivity index (χ2n) is 5.45. The van der Waals surface area contributed by atoms with Gasteiger partial charge in [-0.3, -0.25) is 10.1 Å². The minimum absolute atomic E-state index is 0.0340. The Bertz CT molecular complexity index is 635. The molecule has 1 aromatic carbocycles. The van der Waals surface area contributed by atoms with E-state index in [1.54, 1.807) is 0 Å². The molecule has 0 heterocycles. The summed E-state index contributed by atoms with van der Waals surface area (Å²) in [4.78, 5) is 19.2. The fourth-order valence-corrected chi connectivity index (χ4v) is 3.52. The average Bonchev–Trinajstić information content (AvgIpc) is 3.37. The van der Waals surface area contributed by atoms with E-state index in [-0.39, 0.29) is 22.9 Å². The van der Waals surface area contributed by atoms with Crippen LogP contribution in [0.15, 0.2) is 18.2 Å². The van der Waals surface area contributed by atoms with E-state index in [4.69, 9.17) is 10.8 Å². The number of nitro benzene ring substituents is 1. The minimum Gasteiger partial charge on any atom is -0.258 e. The molecule has 23 heavy (non-hydrogen) atoms. The Morgan fingerprint density at radius 1 is 1.65 bits per heavy atom. The molecule has 2 N–H and O–H groups in total. The molecule has 0 radical (unpaired) electrons. The fraction of sp³-hybridized carbons (Fsp3) is 0.500. The lowest BCUT2D eigenvalue weighted by Gasteiger charge is -2.23. The summed E-state index contributed by atoms with van der Waals surface area (Å²) in [7, 11) is 0. The van der Waals surface area contributed by atoms with Gasteiger partial charge in [-0.25, -0.2) is 9.28 Å². The van der Waals surface area contributed by atoms with Gasteiger partial charge in [-0.1, -0.05) is 0 Å². The Morgan fingerprint density at radius 2 is 2.35 bits per heavy atom. The summed E-state index contributed by atoms with van der Waals surface area (Å²) in [5, 5.41) is 20.2. The molecule has 1 aliphatic rings. The van der Waals surface area contributed by atoms with E-state index in [2.05, 4.69) is 11.1 Å². The van der Waals surface area contributed by atoms with Gasteiger partial charge in [0.15, 0.2) is 0 Å². The second kappa shape index (κ2) is 7.23. The monoisotopic (exact) mass is 341 g/mol. The number of nitrogens with two attached hydrogens (primary N) is 1. The van der Waals surface area contributed by atoms with Crippen molar-refractivity contribution in [3.8, 4) is 6.07 Å². The first-order chi connectivity index (χ1) is 10.9. The molecule has 124 valence electrons.